The summed E-state index contributed by atoms with van der Waals surface area (Å²) in [5.41, 5.74) is 0. The average molecular weight is 134 g/mol. The van der Waals surface area contributed by atoms with Crippen LogP contribution in [0.4, 0.5) is 4.79 Å². The number of amides is 1. The standard InChI is InChI=1S/C4H4B2N2O2/c1-3(7-2-6-10)8-4(5)9/h2H,1H3/b7-2?,8-3-. The van der Waals surface area contributed by atoms with E-state index in [1.807, 2.05) is 0 Å². The predicted molar refractivity (Wildman–Crippen MR) is 39.2 cm³/mol. The molecule has 6 heteroatoms. The van der Waals surface area contributed by atoms with Crippen LogP contribution in [0.2, 0.25) is 0 Å². The van der Waals surface area contributed by atoms with Gasteiger partial charge in [-0.15, -0.1) is 0 Å². The van der Waals surface area contributed by atoms with E-state index in [1.165, 1.54) is 6.92 Å². The van der Waals surface area contributed by atoms with Crippen LogP contribution in [0.5, 0.6) is 0 Å². The van der Waals surface area contributed by atoms with Crippen molar-refractivity contribution in [1.29, 1.82) is 0 Å². The van der Waals surface area contributed by atoms with Crippen LogP contribution in [0.25, 0.3) is 0 Å². The van der Waals surface area contributed by atoms with Gasteiger partial charge >= 0.3 is 59.2 Å². The van der Waals surface area contributed by atoms with Crippen molar-refractivity contribution >= 4 is 32.8 Å². The van der Waals surface area contributed by atoms with Crippen LogP contribution >= 0.6 is 0 Å². The molecule has 1 amide bonds. The van der Waals surface area contributed by atoms with E-state index in [0.29, 0.717) is 7.15 Å². The quantitative estimate of drug-likeness (QED) is 0.282. The minimum atomic E-state index is -0.819. The van der Waals surface area contributed by atoms with E-state index in [0.717, 1.165) is 6.11 Å². The maximum atomic E-state index is 10.0. The summed E-state index contributed by atoms with van der Waals surface area (Å²) in [5.74, 6) is -0.653. The van der Waals surface area contributed by atoms with Gasteiger partial charge < -0.3 is 0 Å². The van der Waals surface area contributed by atoms with Crippen LogP contribution in [0, 0.1) is 0 Å². The summed E-state index contributed by atoms with van der Waals surface area (Å²) >= 11 is 0. The molecule has 0 aromatic rings. The van der Waals surface area contributed by atoms with Crippen molar-refractivity contribution in [3.63, 3.8) is 0 Å². The fourth-order valence-corrected chi connectivity index (χ4v) is 0.327. The monoisotopic (exact) mass is 134 g/mol. The van der Waals surface area contributed by atoms with E-state index in [1.54, 1.807) is 0 Å². The Morgan fingerprint density at radius 2 is 2.30 bits per heavy atom. The van der Waals surface area contributed by atoms with Gasteiger partial charge in [0, 0.05) is 0 Å². The summed E-state index contributed by atoms with van der Waals surface area (Å²) in [5, 5.41) is 0. The number of carbonyl (C=O) groups excluding carboxylic acids is 1. The average Bonchev–Trinajstić information content (AvgIpc) is 1.82. The van der Waals surface area contributed by atoms with Gasteiger partial charge in [-0.3, -0.25) is 0 Å². The minimum absolute atomic E-state index is 0.166. The van der Waals surface area contributed by atoms with Crippen molar-refractivity contribution in [1.82, 2.24) is 0 Å². The van der Waals surface area contributed by atoms with Crippen LogP contribution in [-0.2, 0) is 4.70 Å². The molecule has 0 N–H and O–H groups in total. The zero-order valence-corrected chi connectivity index (χ0v) is 5.44. The molecule has 4 nitrogen and oxygen atoms in total. The van der Waals surface area contributed by atoms with Gasteiger partial charge in [-0.25, -0.2) is 0 Å². The second kappa shape index (κ2) is 4.78. The van der Waals surface area contributed by atoms with Crippen molar-refractivity contribution in [2.45, 2.75) is 6.92 Å². The maximum absolute atomic E-state index is 10.0. The number of carbonyl (C=O) groups is 1. The summed E-state index contributed by atoms with van der Waals surface area (Å²) in [6.07, 6.45) is 0.988. The molecule has 2 radical (unpaired) electrons. The molecule has 48 valence electrons. The summed E-state index contributed by atoms with van der Waals surface area (Å²) < 4.78 is 9.67. The molecule has 0 aromatic carbocycles. The molecule has 0 spiro atoms. The van der Waals surface area contributed by atoms with Crippen LogP contribution in [0.15, 0.2) is 9.98 Å². The van der Waals surface area contributed by atoms with E-state index in [4.69, 9.17) is 0 Å². The topological polar surface area (TPSA) is 58.9 Å². The Morgan fingerprint density at radius 1 is 1.70 bits per heavy atom. The number of rotatable bonds is 1. The second-order valence-corrected chi connectivity index (χ2v) is 1.41. The Balaban J connectivity index is 4.06. The molecule has 0 saturated heterocycles. The summed E-state index contributed by atoms with van der Waals surface area (Å²) in [7, 11) is 5.16. The molecule has 0 heterocycles. The van der Waals surface area contributed by atoms with E-state index >= 15 is 0 Å². The predicted octanol–water partition coefficient (Wildman–Crippen LogP) is -0.229. The van der Waals surface area contributed by atoms with Gasteiger partial charge in [-0.05, 0) is 0 Å². The molecule has 0 unspecified atom stereocenters. The van der Waals surface area contributed by atoms with Crippen LogP contribution in [0.3, 0.4) is 0 Å². The molecule has 0 saturated carbocycles. The van der Waals surface area contributed by atoms with Crippen molar-refractivity contribution in [3.8, 4) is 0 Å². The molecule has 0 aliphatic rings. The van der Waals surface area contributed by atoms with Gasteiger partial charge in [0.05, 0.1) is 0 Å². The number of aliphatic imine (C=N–C) groups is 2. The van der Waals surface area contributed by atoms with Crippen molar-refractivity contribution in [2.75, 3.05) is 0 Å². The van der Waals surface area contributed by atoms with Crippen molar-refractivity contribution < 1.29 is 9.50 Å². The Kier molecular flexibility index (Phi) is 4.28. The van der Waals surface area contributed by atoms with Crippen LogP contribution < -0.4 is 0 Å². The SMILES string of the molecule is [B]C(=O)/N=C(/C)N=CB=O. The van der Waals surface area contributed by atoms with Crippen LogP contribution in [0.1, 0.15) is 6.92 Å². The molecule has 10 heavy (non-hydrogen) atoms. The molecule has 0 bridgehead atoms. The first-order valence-electron chi connectivity index (χ1n) is 2.49. The molecule has 0 fully saturated rings. The van der Waals surface area contributed by atoms with E-state index < -0.39 is 5.81 Å². The van der Waals surface area contributed by atoms with E-state index in [-0.39, 0.29) is 5.84 Å². The number of nitrogens with zero attached hydrogens (tertiary/aromatic N) is 2. The number of hydrogen-bond acceptors (Lipinski definition) is 2. The fourth-order valence-electron chi connectivity index (χ4n) is 0.327. The van der Waals surface area contributed by atoms with Gasteiger partial charge in [-0.2, -0.15) is 0 Å². The molecule has 0 atom stereocenters. The zero-order valence-electron chi connectivity index (χ0n) is 5.44. The van der Waals surface area contributed by atoms with Crippen molar-refractivity contribution in [3.05, 3.63) is 0 Å². The molecular weight excluding hydrogens is 130 g/mol. The van der Waals surface area contributed by atoms with Gasteiger partial charge in [-0.1, -0.05) is 0 Å². The van der Waals surface area contributed by atoms with Gasteiger partial charge in [0.2, 0.25) is 0 Å². The molecule has 0 aliphatic heterocycles. The normalized spacial score (nSPS) is 11.5. The first-order valence-corrected chi connectivity index (χ1v) is 2.49. The number of hydrogen-bond donors (Lipinski definition) is 0. The molecule has 0 aliphatic carbocycles. The summed E-state index contributed by atoms with van der Waals surface area (Å²) in [4.78, 5) is 16.7. The molecule has 0 aromatic heterocycles. The third-order valence-corrected chi connectivity index (χ3v) is 0.594. The Bertz CT molecular complexity index is 199. The summed E-state index contributed by atoms with van der Waals surface area (Å²) in [6, 6.07) is 0. The number of amidine groups is 1. The van der Waals surface area contributed by atoms with Gasteiger partial charge in [0.15, 0.2) is 0 Å². The fraction of sp³-hybridized carbons (Fsp3) is 0.250. The molecular formula is C4H4B2N2O2. The van der Waals surface area contributed by atoms with Gasteiger partial charge in [0.1, 0.15) is 0 Å². The van der Waals surface area contributed by atoms with Crippen LogP contribution in [-0.4, -0.2) is 32.8 Å². The first-order chi connectivity index (χ1) is 4.66. The van der Waals surface area contributed by atoms with Crippen molar-refractivity contribution in [2.24, 2.45) is 9.98 Å². The summed E-state index contributed by atoms with van der Waals surface area (Å²) in [6.45, 7) is 1.46. The third kappa shape index (κ3) is 5.08. The molecule has 0 rings (SSSR count). The van der Waals surface area contributed by atoms with E-state index in [9.17, 15) is 9.50 Å². The Morgan fingerprint density at radius 3 is 2.70 bits per heavy atom. The second-order valence-electron chi connectivity index (χ2n) is 1.41. The van der Waals surface area contributed by atoms with Gasteiger partial charge in [0.25, 0.3) is 0 Å². The third-order valence-electron chi connectivity index (χ3n) is 0.594. The first kappa shape index (κ1) is 8.94. The Labute approximate surface area is 60.1 Å². The zero-order chi connectivity index (χ0) is 7.98. The van der Waals surface area contributed by atoms with E-state index in [2.05, 4.69) is 17.8 Å². The Hall–Kier alpha value is -1.06.